The van der Waals surface area contributed by atoms with Gasteiger partial charge < -0.3 is 28.8 Å². The first kappa shape index (κ1) is 23.2. The number of nitrogens with zero attached hydrogens (tertiary/aromatic N) is 3. The molecule has 1 aromatic rings. The number of ether oxygens (including phenoxy) is 5. The van der Waals surface area contributed by atoms with Crippen LogP contribution < -0.4 is 0 Å². The molecule has 0 bridgehead atoms. The molecule has 1 aromatic heterocycles. The summed E-state index contributed by atoms with van der Waals surface area (Å²) in [5, 5.41) is 16.8. The van der Waals surface area contributed by atoms with Crippen LogP contribution in [-0.2, 0) is 49.5 Å². The molecule has 1 aliphatic rings. The Morgan fingerprint density at radius 2 is 1.53 bits per heavy atom. The molecule has 0 spiro atoms. The van der Waals surface area contributed by atoms with Crippen molar-refractivity contribution in [3.05, 3.63) is 11.9 Å². The molecule has 0 unspecified atom stereocenters. The van der Waals surface area contributed by atoms with Crippen molar-refractivity contribution in [2.75, 3.05) is 6.61 Å². The van der Waals surface area contributed by atoms with Crippen LogP contribution in [-0.4, -0.2) is 75.0 Å². The average Bonchev–Trinajstić information content (AvgIpc) is 3.11. The fourth-order valence-electron chi connectivity index (χ4n) is 2.93. The SMILES string of the molecule is CC(=O)OC[C@H]1O[C@@H](n2cc(CO)nn2)[C@@H](OC(C)=O)[C@@H](OC(C)=O)[C@@H]1OC(C)=O. The van der Waals surface area contributed by atoms with Gasteiger partial charge in [-0.25, -0.2) is 4.68 Å². The van der Waals surface area contributed by atoms with Crippen LogP contribution >= 0.6 is 0 Å². The second kappa shape index (κ2) is 10.1. The first-order valence-electron chi connectivity index (χ1n) is 8.94. The van der Waals surface area contributed by atoms with Gasteiger partial charge in [-0.15, -0.1) is 5.10 Å². The predicted molar refractivity (Wildman–Crippen MR) is 93.1 cm³/mol. The highest BCUT2D eigenvalue weighted by atomic mass is 16.7. The largest absolute Gasteiger partial charge is 0.463 e. The molecule has 5 atom stereocenters. The number of carbonyl (C=O) groups excluding carboxylic acids is 4. The molecular weight excluding hydrogens is 406 g/mol. The maximum Gasteiger partial charge on any atom is 0.303 e. The standard InChI is InChI=1S/C17H23N3O10/c1-8(22)26-7-13-14(27-9(2)23)15(28-10(3)24)16(29-11(4)25)17(30-13)20-5-12(6-21)18-19-20/h5,13-17,21H,6-7H2,1-4H3/t13-,14-,15+,16+,17-/m1/s1. The lowest BCUT2D eigenvalue weighted by Crippen LogP contribution is -2.60. The number of aliphatic hydroxyl groups excluding tert-OH is 1. The quantitative estimate of drug-likeness (QED) is 0.417. The second-order valence-electron chi connectivity index (χ2n) is 6.44. The first-order valence-corrected chi connectivity index (χ1v) is 8.94. The molecule has 0 aliphatic carbocycles. The van der Waals surface area contributed by atoms with E-state index in [1.165, 1.54) is 13.1 Å². The molecule has 1 saturated heterocycles. The fourth-order valence-corrected chi connectivity index (χ4v) is 2.93. The minimum atomic E-state index is -1.31. The second-order valence-corrected chi connectivity index (χ2v) is 6.44. The van der Waals surface area contributed by atoms with Crippen LogP contribution in [0.2, 0.25) is 0 Å². The van der Waals surface area contributed by atoms with Crippen LogP contribution in [0.15, 0.2) is 6.20 Å². The molecule has 1 N–H and O–H groups in total. The molecule has 13 nitrogen and oxygen atoms in total. The third-order valence-corrected chi connectivity index (χ3v) is 3.95. The molecule has 1 aliphatic heterocycles. The van der Waals surface area contributed by atoms with E-state index in [1.54, 1.807) is 0 Å². The Bertz CT molecular complexity index is 795. The number of carbonyl (C=O) groups is 4. The summed E-state index contributed by atoms with van der Waals surface area (Å²) in [5.41, 5.74) is 0.197. The summed E-state index contributed by atoms with van der Waals surface area (Å²) in [7, 11) is 0. The first-order chi connectivity index (χ1) is 14.1. The molecule has 0 aromatic carbocycles. The van der Waals surface area contributed by atoms with E-state index >= 15 is 0 Å². The van der Waals surface area contributed by atoms with Gasteiger partial charge in [0.15, 0.2) is 24.5 Å². The maximum atomic E-state index is 11.7. The Labute approximate surface area is 171 Å². The van der Waals surface area contributed by atoms with Gasteiger partial charge in [-0.3, -0.25) is 19.2 Å². The van der Waals surface area contributed by atoms with Gasteiger partial charge in [0, 0.05) is 27.7 Å². The van der Waals surface area contributed by atoms with Crippen LogP contribution in [0, 0.1) is 0 Å². The summed E-state index contributed by atoms with van der Waals surface area (Å²) in [6, 6.07) is 0. The number of rotatable bonds is 7. The molecule has 0 radical (unpaired) electrons. The van der Waals surface area contributed by atoms with E-state index in [4.69, 9.17) is 23.7 Å². The minimum Gasteiger partial charge on any atom is -0.463 e. The summed E-state index contributed by atoms with van der Waals surface area (Å²) in [4.78, 5) is 46.4. The smallest absolute Gasteiger partial charge is 0.303 e. The van der Waals surface area contributed by atoms with E-state index in [2.05, 4.69) is 10.3 Å². The van der Waals surface area contributed by atoms with Crippen molar-refractivity contribution in [3.8, 4) is 0 Å². The highest BCUT2D eigenvalue weighted by Crippen LogP contribution is 2.34. The summed E-state index contributed by atoms with van der Waals surface area (Å²) in [5.74, 6) is -2.81. The highest BCUT2D eigenvalue weighted by molar-refractivity contribution is 5.68. The Morgan fingerprint density at radius 3 is 2.03 bits per heavy atom. The number of esters is 4. The molecule has 2 heterocycles. The lowest BCUT2D eigenvalue weighted by molar-refractivity contribution is -0.270. The average molecular weight is 429 g/mol. The summed E-state index contributed by atoms with van der Waals surface area (Å²) >= 11 is 0. The van der Waals surface area contributed by atoms with Crippen LogP contribution in [0.3, 0.4) is 0 Å². The maximum absolute atomic E-state index is 11.7. The van der Waals surface area contributed by atoms with Gasteiger partial charge >= 0.3 is 23.9 Å². The monoisotopic (exact) mass is 429 g/mol. The minimum absolute atomic E-state index is 0.197. The van der Waals surface area contributed by atoms with Crippen LogP contribution in [0.5, 0.6) is 0 Å². The normalized spacial score (nSPS) is 25.8. The number of aliphatic hydroxyl groups is 1. The van der Waals surface area contributed by atoms with E-state index in [0.717, 1.165) is 25.5 Å². The van der Waals surface area contributed by atoms with Gasteiger partial charge in [-0.2, -0.15) is 0 Å². The molecule has 166 valence electrons. The van der Waals surface area contributed by atoms with E-state index in [9.17, 15) is 24.3 Å². The van der Waals surface area contributed by atoms with Gasteiger partial charge in [0.05, 0.1) is 12.8 Å². The Hall–Kier alpha value is -3.06. The van der Waals surface area contributed by atoms with Gasteiger partial charge in [-0.1, -0.05) is 5.21 Å². The molecule has 13 heteroatoms. The van der Waals surface area contributed by atoms with Crippen molar-refractivity contribution < 1.29 is 48.0 Å². The van der Waals surface area contributed by atoms with Crippen molar-refractivity contribution in [2.24, 2.45) is 0 Å². The van der Waals surface area contributed by atoms with Crippen LogP contribution in [0.25, 0.3) is 0 Å². The molecule has 0 saturated carbocycles. The van der Waals surface area contributed by atoms with Crippen molar-refractivity contribution in [3.63, 3.8) is 0 Å². The van der Waals surface area contributed by atoms with Gasteiger partial charge in [0.25, 0.3) is 0 Å². The van der Waals surface area contributed by atoms with Gasteiger partial charge in [-0.05, 0) is 0 Å². The van der Waals surface area contributed by atoms with Crippen LogP contribution in [0.1, 0.15) is 39.6 Å². The van der Waals surface area contributed by atoms with Crippen molar-refractivity contribution >= 4 is 23.9 Å². The van der Waals surface area contributed by atoms with Crippen molar-refractivity contribution in [1.29, 1.82) is 0 Å². The van der Waals surface area contributed by atoms with E-state index in [1.807, 2.05) is 0 Å². The summed E-state index contributed by atoms with van der Waals surface area (Å²) in [6.45, 7) is 3.80. The molecular formula is C17H23N3O10. The number of hydrogen-bond donors (Lipinski definition) is 1. The zero-order valence-electron chi connectivity index (χ0n) is 16.8. The highest BCUT2D eigenvalue weighted by Gasteiger charge is 2.53. The zero-order valence-corrected chi connectivity index (χ0v) is 16.8. The molecule has 2 rings (SSSR count). The van der Waals surface area contributed by atoms with Crippen LogP contribution in [0.4, 0.5) is 0 Å². The van der Waals surface area contributed by atoms with Crippen molar-refractivity contribution in [2.45, 2.75) is 64.9 Å². The lowest BCUT2D eigenvalue weighted by Gasteiger charge is -2.44. The third kappa shape index (κ3) is 5.97. The topological polar surface area (TPSA) is 165 Å². The Morgan fingerprint density at radius 1 is 0.967 bits per heavy atom. The zero-order chi connectivity index (χ0) is 22.4. The molecule has 1 fully saturated rings. The van der Waals surface area contributed by atoms with E-state index in [0.29, 0.717) is 0 Å². The third-order valence-electron chi connectivity index (χ3n) is 3.95. The Balaban J connectivity index is 2.50. The number of aromatic nitrogens is 3. The fraction of sp³-hybridized carbons (Fsp3) is 0.647. The lowest BCUT2D eigenvalue weighted by atomic mass is 9.97. The Kier molecular flexibility index (Phi) is 7.83. The van der Waals surface area contributed by atoms with Gasteiger partial charge in [0.2, 0.25) is 0 Å². The van der Waals surface area contributed by atoms with E-state index < -0.39 is 61.1 Å². The van der Waals surface area contributed by atoms with E-state index in [-0.39, 0.29) is 12.3 Å². The molecule has 0 amide bonds. The predicted octanol–water partition coefficient (Wildman–Crippen LogP) is -0.974. The number of hydrogen-bond acceptors (Lipinski definition) is 12. The molecule has 30 heavy (non-hydrogen) atoms. The van der Waals surface area contributed by atoms with Crippen molar-refractivity contribution in [1.82, 2.24) is 15.0 Å². The van der Waals surface area contributed by atoms with Gasteiger partial charge in [0.1, 0.15) is 18.4 Å². The summed E-state index contributed by atoms with van der Waals surface area (Å²) < 4.78 is 27.9. The summed E-state index contributed by atoms with van der Waals surface area (Å²) in [6.07, 6.45) is -4.82.